The van der Waals surface area contributed by atoms with Gasteiger partial charge in [0, 0.05) is 0 Å². The van der Waals surface area contributed by atoms with E-state index >= 15 is 0 Å². The number of carbonyl (C=O) groups excluding carboxylic acids is 1. The van der Waals surface area contributed by atoms with Crippen LogP contribution in [0, 0.1) is 5.92 Å². The van der Waals surface area contributed by atoms with E-state index in [-0.39, 0.29) is 12.3 Å². The Morgan fingerprint density at radius 3 is 2.11 bits per heavy atom. The molecular formula is C7H11O2. The van der Waals surface area contributed by atoms with Crippen molar-refractivity contribution in [3.63, 3.8) is 0 Å². The second kappa shape index (κ2) is 3.28. The fourth-order valence-electron chi connectivity index (χ4n) is 0.390. The lowest BCUT2D eigenvalue weighted by atomic mass is 10.0. The van der Waals surface area contributed by atoms with E-state index in [0.717, 1.165) is 5.57 Å². The van der Waals surface area contributed by atoms with Gasteiger partial charge >= 0.3 is 5.97 Å². The van der Waals surface area contributed by atoms with Crippen molar-refractivity contribution in [2.24, 2.45) is 5.92 Å². The molecule has 0 N–H and O–H groups in total. The van der Waals surface area contributed by atoms with Crippen molar-refractivity contribution >= 4 is 5.97 Å². The molecule has 0 atom stereocenters. The summed E-state index contributed by atoms with van der Waals surface area (Å²) in [6.07, 6.45) is -0.0162. The van der Waals surface area contributed by atoms with Crippen molar-refractivity contribution in [2.75, 3.05) is 0 Å². The van der Waals surface area contributed by atoms with Crippen LogP contribution in [-0.2, 0) is 9.90 Å². The van der Waals surface area contributed by atoms with Crippen LogP contribution in [0.4, 0.5) is 0 Å². The lowest BCUT2D eigenvalue weighted by Crippen LogP contribution is -1.99. The average molecular weight is 127 g/mol. The molecule has 0 rings (SSSR count). The van der Waals surface area contributed by atoms with Gasteiger partial charge in [-0.2, -0.15) is 0 Å². The van der Waals surface area contributed by atoms with Crippen LogP contribution in [-0.4, -0.2) is 5.97 Å². The number of carbonyl (C=O) groups is 1. The predicted octanol–water partition coefficient (Wildman–Crippen LogP) is 1.55. The van der Waals surface area contributed by atoms with Gasteiger partial charge in [0.1, 0.15) is 0 Å². The van der Waals surface area contributed by atoms with Gasteiger partial charge in [0.15, 0.2) is 0 Å². The zero-order valence-electron chi connectivity index (χ0n) is 5.81. The molecule has 0 aliphatic heterocycles. The highest BCUT2D eigenvalue weighted by Crippen LogP contribution is 2.09. The van der Waals surface area contributed by atoms with E-state index in [9.17, 15) is 9.90 Å². The monoisotopic (exact) mass is 127 g/mol. The van der Waals surface area contributed by atoms with Crippen LogP contribution in [0.1, 0.15) is 20.3 Å². The van der Waals surface area contributed by atoms with E-state index < -0.39 is 5.97 Å². The molecule has 0 saturated heterocycles. The quantitative estimate of drug-likeness (QED) is 0.530. The Balaban J connectivity index is 3.64. The van der Waals surface area contributed by atoms with Crippen LogP contribution < -0.4 is 0 Å². The Morgan fingerprint density at radius 1 is 1.56 bits per heavy atom. The summed E-state index contributed by atoms with van der Waals surface area (Å²) in [5.74, 6) is -0.809. The van der Waals surface area contributed by atoms with Crippen LogP contribution in [0.2, 0.25) is 0 Å². The molecule has 0 heterocycles. The molecule has 2 nitrogen and oxygen atoms in total. The molecule has 2 heteroatoms. The summed E-state index contributed by atoms with van der Waals surface area (Å²) >= 11 is 0. The molecule has 9 heavy (non-hydrogen) atoms. The Morgan fingerprint density at radius 2 is 2.00 bits per heavy atom. The van der Waals surface area contributed by atoms with Crippen LogP contribution in [0.25, 0.3) is 0 Å². The fraction of sp³-hybridized carbons (Fsp3) is 0.571. The zero-order chi connectivity index (χ0) is 7.44. The van der Waals surface area contributed by atoms with Gasteiger partial charge in [-0.3, -0.25) is 0 Å². The summed E-state index contributed by atoms with van der Waals surface area (Å²) in [5, 5.41) is 9.94. The summed E-state index contributed by atoms with van der Waals surface area (Å²) in [4.78, 5) is 9.94. The highest BCUT2D eigenvalue weighted by molar-refractivity contribution is 5.69. The second-order valence-corrected chi connectivity index (χ2v) is 2.36. The van der Waals surface area contributed by atoms with E-state index in [1.807, 2.05) is 13.8 Å². The lowest BCUT2D eigenvalue weighted by Gasteiger charge is -2.03. The highest BCUT2D eigenvalue weighted by atomic mass is 16.4. The standard InChI is InChI=1S/C7H11O2/c1-5(2)6(3)4-7(8)9/h5H,3-4H2,1-2H3. The van der Waals surface area contributed by atoms with Crippen LogP contribution in [0.15, 0.2) is 12.2 Å². The SMILES string of the molecule is C=C(CC([O])=O)C(C)C. The van der Waals surface area contributed by atoms with Gasteiger partial charge in [0.2, 0.25) is 0 Å². The molecule has 0 saturated carbocycles. The number of rotatable bonds is 3. The third kappa shape index (κ3) is 3.76. The van der Waals surface area contributed by atoms with Gasteiger partial charge in [0.05, 0.1) is 6.42 Å². The van der Waals surface area contributed by atoms with Crippen molar-refractivity contribution in [3.8, 4) is 0 Å². The molecule has 0 aromatic rings. The molecular weight excluding hydrogens is 116 g/mol. The highest BCUT2D eigenvalue weighted by Gasteiger charge is 2.05. The summed E-state index contributed by atoms with van der Waals surface area (Å²) in [6.45, 7) is 7.39. The van der Waals surface area contributed by atoms with Crippen molar-refractivity contribution < 1.29 is 9.90 Å². The average Bonchev–Trinajstić information content (AvgIpc) is 1.63. The van der Waals surface area contributed by atoms with Gasteiger partial charge in [-0.1, -0.05) is 26.0 Å². The second-order valence-electron chi connectivity index (χ2n) is 2.36. The predicted molar refractivity (Wildman–Crippen MR) is 34.3 cm³/mol. The van der Waals surface area contributed by atoms with Gasteiger partial charge in [-0.25, -0.2) is 9.90 Å². The minimum absolute atomic E-state index is 0.0162. The Labute approximate surface area is 55.2 Å². The zero-order valence-corrected chi connectivity index (χ0v) is 5.81. The largest absolute Gasteiger partial charge is 0.359 e. The molecule has 0 aromatic heterocycles. The molecule has 0 spiro atoms. The topological polar surface area (TPSA) is 37.0 Å². The molecule has 51 valence electrons. The number of hydrogen-bond acceptors (Lipinski definition) is 1. The minimum Gasteiger partial charge on any atom is -0.247 e. The van der Waals surface area contributed by atoms with E-state index in [4.69, 9.17) is 0 Å². The van der Waals surface area contributed by atoms with Crippen molar-refractivity contribution in [1.29, 1.82) is 0 Å². The van der Waals surface area contributed by atoms with Crippen molar-refractivity contribution in [3.05, 3.63) is 12.2 Å². The lowest BCUT2D eigenvalue weighted by molar-refractivity contribution is -0.142. The first-order chi connectivity index (χ1) is 4.04. The van der Waals surface area contributed by atoms with Gasteiger partial charge in [-0.15, -0.1) is 0 Å². The van der Waals surface area contributed by atoms with Crippen molar-refractivity contribution in [1.82, 2.24) is 0 Å². The molecule has 0 aromatic carbocycles. The van der Waals surface area contributed by atoms with Crippen LogP contribution >= 0.6 is 0 Å². The van der Waals surface area contributed by atoms with Gasteiger partial charge in [0.25, 0.3) is 0 Å². The van der Waals surface area contributed by atoms with Crippen molar-refractivity contribution in [2.45, 2.75) is 20.3 Å². The normalized spacial score (nSPS) is 9.67. The van der Waals surface area contributed by atoms with Crippen LogP contribution in [0.5, 0.6) is 0 Å². The van der Waals surface area contributed by atoms with Gasteiger partial charge < -0.3 is 0 Å². The summed E-state index contributed by atoms with van der Waals surface area (Å²) in [7, 11) is 0. The molecule has 0 aliphatic rings. The number of hydrogen-bond donors (Lipinski definition) is 0. The maximum absolute atomic E-state index is 9.94. The van der Waals surface area contributed by atoms with E-state index in [1.165, 1.54) is 0 Å². The first-order valence-electron chi connectivity index (χ1n) is 2.91. The van der Waals surface area contributed by atoms with E-state index in [0.29, 0.717) is 0 Å². The summed E-state index contributed by atoms with van der Waals surface area (Å²) in [6, 6.07) is 0. The molecule has 1 radical (unpaired) electrons. The van der Waals surface area contributed by atoms with Crippen LogP contribution in [0.3, 0.4) is 0 Å². The third-order valence-corrected chi connectivity index (χ3v) is 1.19. The third-order valence-electron chi connectivity index (χ3n) is 1.19. The minimum atomic E-state index is -1.05. The molecule has 0 bridgehead atoms. The Kier molecular flexibility index (Phi) is 2.99. The smallest absolute Gasteiger partial charge is 0.247 e. The van der Waals surface area contributed by atoms with Gasteiger partial charge in [-0.05, 0) is 5.92 Å². The Hall–Kier alpha value is -0.790. The molecule has 0 amide bonds. The first kappa shape index (κ1) is 8.21. The maximum atomic E-state index is 9.94. The summed E-state index contributed by atoms with van der Waals surface area (Å²) in [5.41, 5.74) is 0.718. The maximum Gasteiger partial charge on any atom is 0.359 e. The summed E-state index contributed by atoms with van der Waals surface area (Å²) < 4.78 is 0. The fourth-order valence-corrected chi connectivity index (χ4v) is 0.390. The molecule has 0 aliphatic carbocycles. The first-order valence-corrected chi connectivity index (χ1v) is 2.91. The van der Waals surface area contributed by atoms with E-state index in [1.54, 1.807) is 0 Å². The molecule has 0 unspecified atom stereocenters. The Bertz CT molecular complexity index is 125. The van der Waals surface area contributed by atoms with E-state index in [2.05, 4.69) is 6.58 Å². The molecule has 0 fully saturated rings.